The maximum Gasteiger partial charge on any atom is 0.417 e. The van der Waals surface area contributed by atoms with Crippen LogP contribution in [0, 0.1) is 11.3 Å². The normalized spacial score (nSPS) is 20.2. The Hall–Kier alpha value is -3.68. The molecule has 2 aliphatic rings. The molecule has 1 aromatic carbocycles. The number of carbonyl (C=O) groups excluding carboxylic acids is 1. The number of halogens is 3. The number of alkyl halides is 3. The number of pyridine rings is 1. The minimum Gasteiger partial charge on any atom is -0.490 e. The van der Waals surface area contributed by atoms with Crippen LogP contribution in [0.15, 0.2) is 36.5 Å². The van der Waals surface area contributed by atoms with E-state index in [-0.39, 0.29) is 23.8 Å². The first-order valence-corrected chi connectivity index (χ1v) is 13.1. The van der Waals surface area contributed by atoms with Crippen LogP contribution in [0.5, 0.6) is 5.75 Å². The summed E-state index contributed by atoms with van der Waals surface area (Å²) in [5.74, 6) is 1.50. The minimum atomic E-state index is -4.58. The molecule has 210 valence electrons. The van der Waals surface area contributed by atoms with Gasteiger partial charge in [0.15, 0.2) is 0 Å². The van der Waals surface area contributed by atoms with Crippen LogP contribution >= 0.6 is 0 Å². The summed E-state index contributed by atoms with van der Waals surface area (Å²) in [6.45, 7) is 7.91. The first-order valence-electron chi connectivity index (χ1n) is 13.1. The summed E-state index contributed by atoms with van der Waals surface area (Å²) >= 11 is 0. The number of hydrogen-bond acceptors (Lipinski definition) is 7. The predicted octanol–water partition coefficient (Wildman–Crippen LogP) is 5.83. The number of rotatable bonds is 5. The molecule has 0 bridgehead atoms. The Morgan fingerprint density at radius 3 is 2.36 bits per heavy atom. The van der Waals surface area contributed by atoms with Crippen molar-refractivity contribution in [2.24, 2.45) is 0 Å². The van der Waals surface area contributed by atoms with Gasteiger partial charge in [-0.1, -0.05) is 0 Å². The van der Waals surface area contributed by atoms with Crippen LogP contribution in [-0.2, 0) is 10.9 Å². The second-order valence-corrected chi connectivity index (χ2v) is 10.9. The third-order valence-corrected chi connectivity index (χ3v) is 6.77. The molecule has 0 unspecified atom stereocenters. The highest BCUT2D eigenvalue weighted by Crippen LogP contribution is 2.34. The van der Waals surface area contributed by atoms with Crippen molar-refractivity contribution >= 4 is 17.6 Å². The number of amides is 1. The van der Waals surface area contributed by atoms with Gasteiger partial charge in [0.1, 0.15) is 17.2 Å². The molecule has 0 atom stereocenters. The summed E-state index contributed by atoms with van der Waals surface area (Å²) in [4.78, 5) is 20.6. The van der Waals surface area contributed by atoms with Crippen molar-refractivity contribution < 1.29 is 27.4 Å². The van der Waals surface area contributed by atoms with Crippen LogP contribution in [-0.4, -0.2) is 59.9 Å². The van der Waals surface area contributed by atoms with E-state index in [0.717, 1.165) is 37.6 Å². The summed E-state index contributed by atoms with van der Waals surface area (Å²) in [6, 6.07) is 9.08. The van der Waals surface area contributed by atoms with Gasteiger partial charge in [-0.3, -0.25) is 0 Å². The van der Waals surface area contributed by atoms with Gasteiger partial charge in [0, 0.05) is 50.2 Å². The number of benzene rings is 1. The van der Waals surface area contributed by atoms with Crippen LogP contribution in [0.1, 0.15) is 57.6 Å². The highest BCUT2D eigenvalue weighted by Gasteiger charge is 2.34. The van der Waals surface area contributed by atoms with E-state index in [9.17, 15) is 18.0 Å². The largest absolute Gasteiger partial charge is 0.490 e. The second-order valence-electron chi connectivity index (χ2n) is 10.9. The lowest BCUT2D eigenvalue weighted by molar-refractivity contribution is -0.137. The van der Waals surface area contributed by atoms with Gasteiger partial charge in [-0.2, -0.15) is 18.4 Å². The van der Waals surface area contributed by atoms with Gasteiger partial charge in [0.05, 0.1) is 23.3 Å². The standard InChI is InChI=1S/C28H34F3N5O3/c1-27(2,3)39-26(37)36-14-12-35(13-15-36)25-17-23(10-11-33-25)38-22-8-6-20(7-9-22)34-21-5-4-19(18-32)24(16-21)28(29,30)31/h4-5,10-11,16-17,20,22,34H,6-9,12-15H2,1-3H3/t20-,22-. The van der Waals surface area contributed by atoms with Gasteiger partial charge in [-0.05, 0) is 70.7 Å². The third kappa shape index (κ3) is 7.68. The molecule has 1 saturated carbocycles. The number of nitriles is 1. The molecule has 1 aliphatic heterocycles. The summed E-state index contributed by atoms with van der Waals surface area (Å²) in [5.41, 5.74) is -1.48. The fourth-order valence-electron chi connectivity index (χ4n) is 4.81. The van der Waals surface area contributed by atoms with Gasteiger partial charge in [-0.25, -0.2) is 9.78 Å². The topological polar surface area (TPSA) is 90.7 Å². The van der Waals surface area contributed by atoms with Crippen molar-refractivity contribution in [2.75, 3.05) is 36.4 Å². The van der Waals surface area contributed by atoms with Crippen molar-refractivity contribution in [3.63, 3.8) is 0 Å². The van der Waals surface area contributed by atoms with Gasteiger partial charge < -0.3 is 24.6 Å². The number of nitrogens with one attached hydrogen (secondary N) is 1. The van der Waals surface area contributed by atoms with Crippen molar-refractivity contribution in [1.29, 1.82) is 5.26 Å². The Kier molecular flexibility index (Phi) is 8.42. The fourth-order valence-corrected chi connectivity index (χ4v) is 4.81. The van der Waals surface area contributed by atoms with Gasteiger partial charge in [0.25, 0.3) is 0 Å². The molecular formula is C28H34F3N5O3. The van der Waals surface area contributed by atoms with Crippen LogP contribution in [0.2, 0.25) is 0 Å². The molecular weight excluding hydrogens is 511 g/mol. The molecule has 1 amide bonds. The summed E-state index contributed by atoms with van der Waals surface area (Å²) in [7, 11) is 0. The van der Waals surface area contributed by atoms with Crippen LogP contribution in [0.25, 0.3) is 0 Å². The third-order valence-electron chi connectivity index (χ3n) is 6.77. The molecule has 1 aliphatic carbocycles. The predicted molar refractivity (Wildman–Crippen MR) is 141 cm³/mol. The lowest BCUT2D eigenvalue weighted by atomic mass is 9.92. The maximum atomic E-state index is 13.3. The molecule has 1 N–H and O–H groups in total. The van der Waals surface area contributed by atoms with E-state index < -0.39 is 17.3 Å². The summed E-state index contributed by atoms with van der Waals surface area (Å²) in [6.07, 6.45) is -0.178. The first kappa shape index (κ1) is 28.3. The average Bonchev–Trinajstić information content (AvgIpc) is 2.88. The first-order chi connectivity index (χ1) is 18.4. The molecule has 2 heterocycles. The number of nitrogens with zero attached hydrogens (tertiary/aromatic N) is 4. The van der Waals surface area contributed by atoms with E-state index in [1.165, 1.54) is 12.1 Å². The molecule has 2 fully saturated rings. The Labute approximate surface area is 226 Å². The molecule has 39 heavy (non-hydrogen) atoms. The zero-order valence-electron chi connectivity index (χ0n) is 22.4. The monoisotopic (exact) mass is 545 g/mol. The van der Waals surface area contributed by atoms with Crippen molar-refractivity contribution in [2.45, 2.75) is 70.4 Å². The molecule has 1 saturated heterocycles. The Morgan fingerprint density at radius 2 is 1.74 bits per heavy atom. The Morgan fingerprint density at radius 1 is 1.05 bits per heavy atom. The van der Waals surface area contributed by atoms with Gasteiger partial charge >= 0.3 is 12.3 Å². The van der Waals surface area contributed by atoms with Crippen LogP contribution in [0.4, 0.5) is 29.5 Å². The number of piperazine rings is 1. The van der Waals surface area contributed by atoms with E-state index >= 15 is 0 Å². The van der Waals surface area contributed by atoms with Crippen molar-refractivity contribution in [1.82, 2.24) is 9.88 Å². The van der Waals surface area contributed by atoms with E-state index in [1.807, 2.05) is 32.9 Å². The molecule has 0 spiro atoms. The summed E-state index contributed by atoms with van der Waals surface area (Å²) < 4.78 is 51.5. The average molecular weight is 546 g/mol. The molecule has 1 aromatic heterocycles. The van der Waals surface area contributed by atoms with Crippen LogP contribution < -0.4 is 15.0 Å². The lowest BCUT2D eigenvalue weighted by Crippen LogP contribution is -2.50. The van der Waals surface area contributed by atoms with Crippen LogP contribution in [0.3, 0.4) is 0 Å². The quantitative estimate of drug-likeness (QED) is 0.505. The van der Waals surface area contributed by atoms with Gasteiger partial charge in [-0.15, -0.1) is 0 Å². The second kappa shape index (κ2) is 11.6. The summed E-state index contributed by atoms with van der Waals surface area (Å²) in [5, 5.41) is 12.2. The van der Waals surface area contributed by atoms with E-state index in [4.69, 9.17) is 14.7 Å². The fraction of sp³-hybridized carbons (Fsp3) is 0.536. The number of anilines is 2. The van der Waals surface area contributed by atoms with Crippen molar-refractivity contribution in [3.8, 4) is 11.8 Å². The van der Waals surface area contributed by atoms with E-state index in [1.54, 1.807) is 17.2 Å². The molecule has 0 radical (unpaired) electrons. The smallest absolute Gasteiger partial charge is 0.417 e. The highest BCUT2D eigenvalue weighted by molar-refractivity contribution is 5.68. The Balaban J connectivity index is 1.27. The number of carbonyl (C=O) groups is 1. The Bertz CT molecular complexity index is 1190. The van der Waals surface area contributed by atoms with E-state index in [2.05, 4.69) is 15.2 Å². The number of ether oxygens (including phenoxy) is 2. The maximum absolute atomic E-state index is 13.3. The zero-order valence-corrected chi connectivity index (χ0v) is 22.4. The lowest BCUT2D eigenvalue weighted by Gasteiger charge is -2.36. The van der Waals surface area contributed by atoms with Crippen molar-refractivity contribution in [3.05, 3.63) is 47.7 Å². The van der Waals surface area contributed by atoms with Gasteiger partial charge in [0.2, 0.25) is 0 Å². The molecule has 2 aromatic rings. The minimum absolute atomic E-state index is 0.00554. The number of hydrogen-bond donors (Lipinski definition) is 1. The zero-order chi connectivity index (χ0) is 28.2. The number of aromatic nitrogens is 1. The SMILES string of the molecule is CC(C)(C)OC(=O)N1CCN(c2cc(O[C@H]3CC[C@H](Nc4ccc(C#N)c(C(F)(F)F)c4)CC3)ccn2)CC1. The molecule has 4 rings (SSSR count). The molecule has 11 heteroatoms. The van der Waals surface area contributed by atoms with E-state index in [0.29, 0.717) is 37.6 Å². The molecule has 8 nitrogen and oxygen atoms in total. The highest BCUT2D eigenvalue weighted by atomic mass is 19.4.